The molecular weight excluding hydrogens is 454 g/mol. The van der Waals surface area contributed by atoms with Crippen molar-refractivity contribution in [2.75, 3.05) is 19.6 Å². The van der Waals surface area contributed by atoms with E-state index in [-0.39, 0.29) is 18.6 Å². The number of rotatable bonds is 5. The monoisotopic (exact) mass is 487 g/mol. The van der Waals surface area contributed by atoms with Crippen molar-refractivity contribution in [2.45, 2.75) is 58.5 Å². The molecule has 188 valence electrons. The summed E-state index contributed by atoms with van der Waals surface area (Å²) in [5, 5.41) is 13.6. The van der Waals surface area contributed by atoms with Crippen molar-refractivity contribution in [1.29, 1.82) is 5.26 Å². The number of hydrogen-bond donors (Lipinski definition) is 1. The van der Waals surface area contributed by atoms with E-state index >= 15 is 0 Å². The lowest BCUT2D eigenvalue weighted by Crippen LogP contribution is -2.39. The fourth-order valence-corrected chi connectivity index (χ4v) is 4.66. The molecule has 0 radical (unpaired) electrons. The first-order chi connectivity index (χ1) is 17.5. The summed E-state index contributed by atoms with van der Waals surface area (Å²) in [6, 6.07) is 13.8. The maximum absolute atomic E-state index is 11.0. The predicted molar refractivity (Wildman–Crippen MR) is 137 cm³/mol. The molecule has 1 amide bonds. The summed E-state index contributed by atoms with van der Waals surface area (Å²) >= 11 is 0. The molecule has 0 unspecified atom stereocenters. The van der Waals surface area contributed by atoms with Crippen LogP contribution in [0, 0.1) is 11.3 Å². The second kappa shape index (κ2) is 11.8. The Balaban J connectivity index is 0.000000256. The quantitative estimate of drug-likeness (QED) is 0.562. The van der Waals surface area contributed by atoms with Gasteiger partial charge in [0.05, 0.1) is 18.2 Å². The van der Waals surface area contributed by atoms with Gasteiger partial charge in [-0.15, -0.1) is 0 Å². The van der Waals surface area contributed by atoms with Crippen LogP contribution in [0.3, 0.4) is 0 Å². The second-order valence-corrected chi connectivity index (χ2v) is 9.35. The number of fused-ring (bicyclic) bond motifs is 1. The molecule has 2 heterocycles. The zero-order valence-electron chi connectivity index (χ0n) is 21.0. The summed E-state index contributed by atoms with van der Waals surface area (Å²) in [5.74, 6) is 1.66. The van der Waals surface area contributed by atoms with Crippen LogP contribution in [-0.4, -0.2) is 46.7 Å². The van der Waals surface area contributed by atoms with Crippen LogP contribution in [0.4, 0.5) is 0 Å². The van der Waals surface area contributed by atoms with Crippen LogP contribution in [0.2, 0.25) is 0 Å². The lowest BCUT2D eigenvalue weighted by molar-refractivity contribution is -0.130. The zero-order chi connectivity index (χ0) is 25.5. The average Bonchev–Trinajstić information content (AvgIpc) is 3.59. The van der Waals surface area contributed by atoms with Crippen LogP contribution in [0.15, 0.2) is 40.9 Å². The van der Waals surface area contributed by atoms with Crippen molar-refractivity contribution in [1.82, 2.24) is 15.0 Å². The Morgan fingerprint density at radius 2 is 1.97 bits per heavy atom. The highest BCUT2D eigenvalue weighted by atomic mass is 16.5. The Bertz CT molecular complexity index is 1240. The van der Waals surface area contributed by atoms with Gasteiger partial charge in [-0.2, -0.15) is 10.2 Å². The number of benzene rings is 2. The number of carbonyl (C=O) groups is 1. The van der Waals surface area contributed by atoms with E-state index in [2.05, 4.69) is 22.3 Å². The first-order valence-corrected chi connectivity index (χ1v) is 12.6. The Labute approximate surface area is 212 Å². The maximum Gasteiger partial charge on any atom is 0.258 e. The van der Waals surface area contributed by atoms with Crippen molar-refractivity contribution in [3.8, 4) is 34.7 Å². The molecule has 1 fully saturated rings. The Morgan fingerprint density at radius 3 is 2.69 bits per heavy atom. The third-order valence-corrected chi connectivity index (χ3v) is 6.41. The van der Waals surface area contributed by atoms with E-state index in [4.69, 9.17) is 15.0 Å². The van der Waals surface area contributed by atoms with Gasteiger partial charge in [0.1, 0.15) is 11.8 Å². The predicted octanol–water partition coefficient (Wildman–Crippen LogP) is 4.51. The summed E-state index contributed by atoms with van der Waals surface area (Å²) in [6.45, 7) is 5.85. The molecule has 0 saturated carbocycles. The van der Waals surface area contributed by atoms with Crippen LogP contribution >= 0.6 is 0 Å². The molecule has 5 rings (SSSR count). The maximum atomic E-state index is 11.0. The van der Waals surface area contributed by atoms with Gasteiger partial charge in [0.25, 0.3) is 5.89 Å². The van der Waals surface area contributed by atoms with Crippen molar-refractivity contribution < 1.29 is 14.1 Å². The van der Waals surface area contributed by atoms with Crippen molar-refractivity contribution >= 4 is 5.91 Å². The summed E-state index contributed by atoms with van der Waals surface area (Å²) in [7, 11) is 0. The minimum Gasteiger partial charge on any atom is -0.490 e. The minimum absolute atomic E-state index is 0.00290. The smallest absolute Gasteiger partial charge is 0.258 e. The number of aryl methyl sites for hydroxylation is 1. The number of aromatic nitrogens is 2. The van der Waals surface area contributed by atoms with E-state index in [0.717, 1.165) is 44.3 Å². The van der Waals surface area contributed by atoms with Crippen LogP contribution in [0.1, 0.15) is 56.2 Å². The van der Waals surface area contributed by atoms with Gasteiger partial charge in [-0.1, -0.05) is 23.4 Å². The zero-order valence-corrected chi connectivity index (χ0v) is 21.0. The number of carbonyl (C=O) groups excluding carboxylic acids is 1. The molecular formula is C28H33N5O3. The van der Waals surface area contributed by atoms with E-state index in [1.807, 2.05) is 36.9 Å². The van der Waals surface area contributed by atoms with Crippen molar-refractivity contribution in [3.05, 3.63) is 53.1 Å². The number of amides is 1. The normalized spacial score (nSPS) is 14.6. The minimum atomic E-state index is 0.00290. The van der Waals surface area contributed by atoms with Gasteiger partial charge in [0, 0.05) is 24.2 Å². The number of piperidine rings is 1. The largest absolute Gasteiger partial charge is 0.490 e. The van der Waals surface area contributed by atoms with Crippen molar-refractivity contribution in [3.63, 3.8) is 0 Å². The molecule has 0 spiro atoms. The molecule has 2 aliphatic rings. The van der Waals surface area contributed by atoms with Gasteiger partial charge in [0.2, 0.25) is 11.7 Å². The highest BCUT2D eigenvalue weighted by Crippen LogP contribution is 2.33. The summed E-state index contributed by atoms with van der Waals surface area (Å²) < 4.78 is 11.1. The van der Waals surface area contributed by atoms with Gasteiger partial charge in [-0.05, 0) is 81.7 Å². The SMILES string of the molecule is CC(C)Oc1ccc(-c2nc(-c3cccc4c3CCC4)no2)cc1C#N.NCC(=O)N1CCCCC1. The highest BCUT2D eigenvalue weighted by Gasteiger charge is 2.20. The number of nitrogens with zero attached hydrogens (tertiary/aromatic N) is 4. The number of ether oxygens (including phenoxy) is 1. The Hall–Kier alpha value is -3.70. The van der Waals surface area contributed by atoms with Crippen LogP contribution in [0.25, 0.3) is 22.8 Å². The van der Waals surface area contributed by atoms with Crippen molar-refractivity contribution in [2.24, 2.45) is 5.73 Å². The molecule has 1 saturated heterocycles. The third kappa shape index (κ3) is 5.92. The number of hydrogen-bond acceptors (Lipinski definition) is 7. The van der Waals surface area contributed by atoms with Gasteiger partial charge in [0.15, 0.2) is 0 Å². The number of nitrogens with two attached hydrogens (primary N) is 1. The van der Waals surface area contributed by atoms with E-state index < -0.39 is 0 Å². The molecule has 0 atom stereocenters. The topological polar surface area (TPSA) is 118 Å². The molecule has 0 bridgehead atoms. The molecule has 1 aliphatic carbocycles. The molecule has 2 aromatic carbocycles. The highest BCUT2D eigenvalue weighted by molar-refractivity contribution is 5.78. The average molecular weight is 488 g/mol. The van der Waals surface area contributed by atoms with E-state index in [1.54, 1.807) is 12.1 Å². The lowest BCUT2D eigenvalue weighted by Gasteiger charge is -2.25. The van der Waals surface area contributed by atoms with Crippen LogP contribution < -0.4 is 10.5 Å². The van der Waals surface area contributed by atoms with E-state index in [0.29, 0.717) is 28.6 Å². The van der Waals surface area contributed by atoms with Gasteiger partial charge in [-0.3, -0.25) is 4.79 Å². The molecule has 8 nitrogen and oxygen atoms in total. The van der Waals surface area contributed by atoms with Crippen LogP contribution in [0.5, 0.6) is 5.75 Å². The lowest BCUT2D eigenvalue weighted by atomic mass is 10.0. The summed E-state index contributed by atoms with van der Waals surface area (Å²) in [4.78, 5) is 17.4. The molecule has 36 heavy (non-hydrogen) atoms. The Morgan fingerprint density at radius 1 is 1.17 bits per heavy atom. The van der Waals surface area contributed by atoms with E-state index in [9.17, 15) is 10.1 Å². The molecule has 1 aliphatic heterocycles. The second-order valence-electron chi connectivity index (χ2n) is 9.35. The first-order valence-electron chi connectivity index (χ1n) is 12.6. The third-order valence-electron chi connectivity index (χ3n) is 6.41. The fourth-order valence-electron chi connectivity index (χ4n) is 4.66. The first kappa shape index (κ1) is 25.4. The number of likely N-dealkylation sites (tertiary alicyclic amines) is 1. The standard InChI is InChI=1S/C21H19N3O2.C7H14N2O/c1-13(2)25-19-10-9-15(11-16(19)12-22)21-23-20(24-26-21)18-8-4-6-14-5-3-7-17(14)18;8-6-7(10)9-4-2-1-3-5-9/h4,6,8-11,13H,3,5,7H2,1-2H3;1-6,8H2. The molecule has 8 heteroatoms. The summed E-state index contributed by atoms with van der Waals surface area (Å²) in [5.41, 5.74) is 10.1. The fraction of sp³-hybridized carbons (Fsp3) is 0.429. The van der Waals surface area contributed by atoms with Gasteiger partial charge >= 0.3 is 0 Å². The van der Waals surface area contributed by atoms with Gasteiger partial charge < -0.3 is 19.9 Å². The molecule has 2 N–H and O–H groups in total. The van der Waals surface area contributed by atoms with E-state index in [1.165, 1.54) is 24.0 Å². The molecule has 3 aromatic rings. The van der Waals surface area contributed by atoms with Gasteiger partial charge in [-0.25, -0.2) is 0 Å². The molecule has 1 aromatic heterocycles. The Kier molecular flexibility index (Phi) is 8.34. The number of nitriles is 1. The summed E-state index contributed by atoms with van der Waals surface area (Å²) in [6.07, 6.45) is 6.88. The van der Waals surface area contributed by atoms with Crippen LogP contribution in [-0.2, 0) is 17.6 Å².